The van der Waals surface area contributed by atoms with Gasteiger partial charge in [-0.25, -0.2) is 0 Å². The molecule has 0 unspecified atom stereocenters. The van der Waals surface area contributed by atoms with Gasteiger partial charge in [0, 0.05) is 17.1 Å². The van der Waals surface area contributed by atoms with Crippen molar-refractivity contribution < 1.29 is 18.6 Å². The summed E-state index contributed by atoms with van der Waals surface area (Å²) < 4.78 is 26.2. The van der Waals surface area contributed by atoms with Gasteiger partial charge < -0.3 is 18.6 Å². The molecule has 0 amide bonds. The Labute approximate surface area is 210 Å². The molecule has 0 aliphatic heterocycles. The van der Waals surface area contributed by atoms with Crippen LogP contribution in [-0.4, -0.2) is 48.1 Å². The highest BCUT2D eigenvalue weighted by molar-refractivity contribution is 14.1. The van der Waals surface area contributed by atoms with E-state index in [0.29, 0.717) is 6.42 Å². The average molecular weight is 587 g/mol. The van der Waals surface area contributed by atoms with Gasteiger partial charge in [0.2, 0.25) is 0 Å². The molecule has 7 heteroatoms. The van der Waals surface area contributed by atoms with Crippen molar-refractivity contribution in [2.24, 2.45) is 0 Å². The first kappa shape index (κ1) is 27.6. The molecule has 1 aromatic carbocycles. The molecular weight excluding hydrogens is 547 g/mol. The highest BCUT2D eigenvalue weighted by Gasteiger charge is 2.53. The quantitative estimate of drug-likeness (QED) is 0.124. The van der Waals surface area contributed by atoms with E-state index in [9.17, 15) is 0 Å². The summed E-state index contributed by atoms with van der Waals surface area (Å²) in [6.07, 6.45) is 2.35. The molecule has 1 aliphatic rings. The van der Waals surface area contributed by atoms with Crippen molar-refractivity contribution in [3.05, 3.63) is 40.0 Å². The number of hydrogen-bond donors (Lipinski definition) is 0. The van der Waals surface area contributed by atoms with Crippen LogP contribution in [0, 0.1) is 11.5 Å². The van der Waals surface area contributed by atoms with Crippen LogP contribution < -0.4 is 4.74 Å². The summed E-state index contributed by atoms with van der Waals surface area (Å²) in [6.45, 7) is 13.8. The molecule has 0 N–H and O–H groups in total. The van der Waals surface area contributed by atoms with Gasteiger partial charge in [-0.15, -0.1) is 5.54 Å². The van der Waals surface area contributed by atoms with Crippen molar-refractivity contribution in [1.29, 1.82) is 0 Å². The third-order valence-corrected chi connectivity index (χ3v) is 12.8. The van der Waals surface area contributed by atoms with Gasteiger partial charge >= 0.3 is 0 Å². The number of rotatable bonds is 11. The van der Waals surface area contributed by atoms with E-state index in [4.69, 9.17) is 18.6 Å². The minimum absolute atomic E-state index is 0.0883. The number of ether oxygens (including phenoxy) is 3. The molecule has 0 aromatic heterocycles. The second-order valence-corrected chi connectivity index (χ2v) is 20.0. The van der Waals surface area contributed by atoms with Crippen molar-refractivity contribution >= 4 is 39.0 Å². The molecule has 0 saturated carbocycles. The third-order valence-electron chi connectivity index (χ3n) is 5.97. The Morgan fingerprint density at radius 3 is 2.25 bits per heavy atom. The van der Waals surface area contributed by atoms with Crippen LogP contribution in [0.25, 0.3) is 0 Å². The number of para-hydroxylation sites is 1. The molecule has 0 radical (unpaired) electrons. The number of benzene rings is 1. The summed E-state index contributed by atoms with van der Waals surface area (Å²) in [5.74, 6) is 4.36. The Morgan fingerprint density at radius 1 is 1.09 bits per heavy atom. The van der Waals surface area contributed by atoms with Crippen molar-refractivity contribution in [2.45, 2.75) is 82.8 Å². The number of halogens is 1. The van der Waals surface area contributed by atoms with Gasteiger partial charge in [-0.05, 0) is 58.9 Å². The third kappa shape index (κ3) is 7.18. The fourth-order valence-corrected chi connectivity index (χ4v) is 8.70. The zero-order valence-corrected chi connectivity index (χ0v) is 24.8. The minimum Gasteiger partial charge on any atom is -0.474 e. The van der Waals surface area contributed by atoms with Crippen LogP contribution in [0.4, 0.5) is 0 Å². The lowest BCUT2D eigenvalue weighted by atomic mass is 9.95. The standard InChI is InChI=1S/C25H39IO4Si2/c1-8-32(9-2,10-3)30-25(19-22(18-23(25)26)28-20-27-4)24(16-17-31(5,6)7)29-21-14-12-11-13-15-21/h11-15,18,22,24H,8-10,19-20H2,1-7H3/t22-,24-,25-/m1/s1. The van der Waals surface area contributed by atoms with E-state index in [1.54, 1.807) is 7.11 Å². The molecule has 1 aliphatic carbocycles. The van der Waals surface area contributed by atoms with E-state index in [1.807, 2.05) is 30.3 Å². The van der Waals surface area contributed by atoms with Crippen LogP contribution >= 0.6 is 22.6 Å². The molecule has 0 saturated heterocycles. The number of hydrogen-bond acceptors (Lipinski definition) is 4. The van der Waals surface area contributed by atoms with Crippen LogP contribution in [0.2, 0.25) is 37.8 Å². The summed E-state index contributed by atoms with van der Waals surface area (Å²) in [7, 11) is -1.95. The molecule has 0 fully saturated rings. The lowest BCUT2D eigenvalue weighted by Crippen LogP contribution is -2.55. The van der Waals surface area contributed by atoms with Crippen LogP contribution in [0.5, 0.6) is 5.75 Å². The van der Waals surface area contributed by atoms with Gasteiger partial charge in [-0.2, -0.15) is 0 Å². The summed E-state index contributed by atoms with van der Waals surface area (Å²) in [5, 5.41) is 0. The molecule has 32 heavy (non-hydrogen) atoms. The molecular formula is C25H39IO4Si2. The maximum atomic E-state index is 7.29. The molecule has 3 atom stereocenters. The highest BCUT2D eigenvalue weighted by Crippen LogP contribution is 2.46. The minimum atomic E-state index is -1.98. The van der Waals surface area contributed by atoms with Gasteiger partial charge in [0.25, 0.3) is 0 Å². The Hall–Kier alpha value is -0.636. The van der Waals surface area contributed by atoms with Gasteiger partial charge in [0.05, 0.1) is 6.10 Å². The van der Waals surface area contributed by atoms with Crippen molar-refractivity contribution in [3.63, 3.8) is 0 Å². The summed E-state index contributed by atoms with van der Waals surface area (Å²) in [6, 6.07) is 13.2. The molecule has 178 valence electrons. The fourth-order valence-electron chi connectivity index (χ4n) is 3.91. The number of methoxy groups -OCH3 is 1. The maximum absolute atomic E-state index is 7.29. The Bertz CT molecular complexity index is 800. The zero-order chi connectivity index (χ0) is 23.8. The van der Waals surface area contributed by atoms with Crippen molar-refractivity contribution in [2.75, 3.05) is 13.9 Å². The first-order chi connectivity index (χ1) is 15.1. The van der Waals surface area contributed by atoms with E-state index in [1.165, 1.54) is 0 Å². The monoisotopic (exact) mass is 586 g/mol. The molecule has 0 spiro atoms. The largest absolute Gasteiger partial charge is 0.474 e. The predicted molar refractivity (Wildman–Crippen MR) is 146 cm³/mol. The van der Waals surface area contributed by atoms with Crippen LogP contribution in [0.1, 0.15) is 27.2 Å². The van der Waals surface area contributed by atoms with Crippen LogP contribution in [0.3, 0.4) is 0 Å². The van der Waals surface area contributed by atoms with Gasteiger partial charge in [0.15, 0.2) is 14.4 Å². The van der Waals surface area contributed by atoms with Crippen LogP contribution in [-0.2, 0) is 13.9 Å². The second-order valence-electron chi connectivity index (χ2n) is 9.40. The molecule has 1 aromatic rings. The zero-order valence-electron chi connectivity index (χ0n) is 20.7. The summed E-state index contributed by atoms with van der Waals surface area (Å²) in [5.41, 5.74) is 2.92. The van der Waals surface area contributed by atoms with Gasteiger partial charge in [0.1, 0.15) is 26.2 Å². The molecule has 0 bridgehead atoms. The van der Waals surface area contributed by atoms with Gasteiger partial charge in [-0.3, -0.25) is 0 Å². The first-order valence-corrected chi connectivity index (χ1v) is 18.7. The van der Waals surface area contributed by atoms with Crippen LogP contribution in [0.15, 0.2) is 40.0 Å². The average Bonchev–Trinajstić information content (AvgIpc) is 3.09. The lowest BCUT2D eigenvalue weighted by molar-refractivity contribution is -0.0765. The fraction of sp³-hybridized carbons (Fsp3) is 0.600. The maximum Gasteiger partial charge on any atom is 0.193 e. The van der Waals surface area contributed by atoms with E-state index in [-0.39, 0.29) is 12.9 Å². The van der Waals surface area contributed by atoms with Gasteiger partial charge in [-0.1, -0.05) is 64.5 Å². The Balaban J connectivity index is 2.58. The van der Waals surface area contributed by atoms with Crippen molar-refractivity contribution in [3.8, 4) is 17.2 Å². The molecule has 2 rings (SSSR count). The predicted octanol–water partition coefficient (Wildman–Crippen LogP) is 6.79. The second kappa shape index (κ2) is 12.2. The smallest absolute Gasteiger partial charge is 0.193 e. The van der Waals surface area contributed by atoms with E-state index in [0.717, 1.165) is 27.5 Å². The normalized spacial score (nSPS) is 22.1. The summed E-state index contributed by atoms with van der Waals surface area (Å²) >= 11 is 2.42. The Morgan fingerprint density at radius 2 is 1.72 bits per heavy atom. The highest BCUT2D eigenvalue weighted by atomic mass is 127. The molecule has 4 nitrogen and oxygen atoms in total. The lowest BCUT2D eigenvalue weighted by Gasteiger charge is -2.44. The van der Waals surface area contributed by atoms with E-state index >= 15 is 0 Å². The molecule has 0 heterocycles. The Kier molecular flexibility index (Phi) is 10.5. The van der Waals surface area contributed by atoms with E-state index < -0.39 is 28.1 Å². The SMILES string of the molecule is CC[Si](CC)(CC)O[C@]1([C@@H](C#C[Si](C)(C)C)Oc2ccccc2)C[C@H](OCOC)C=C1I. The first-order valence-electron chi connectivity index (χ1n) is 11.6. The van der Waals surface area contributed by atoms with Crippen molar-refractivity contribution in [1.82, 2.24) is 0 Å². The topological polar surface area (TPSA) is 36.9 Å². The summed E-state index contributed by atoms with van der Waals surface area (Å²) in [4.78, 5) is 0. The van der Waals surface area contributed by atoms with E-state index in [2.05, 4.69) is 80.5 Å².